The SMILES string of the molecule is CCOCC(=O)N1CCC[C@H](Cc2nc(-c3ccccc3F)no2)C1. The number of rotatable bonds is 6. The van der Waals surface area contributed by atoms with E-state index in [0.29, 0.717) is 31.0 Å². The first-order chi connectivity index (χ1) is 12.2. The van der Waals surface area contributed by atoms with Crippen molar-refractivity contribution >= 4 is 5.91 Å². The molecule has 2 heterocycles. The van der Waals surface area contributed by atoms with Gasteiger partial charge in [-0.1, -0.05) is 17.3 Å². The van der Waals surface area contributed by atoms with Gasteiger partial charge >= 0.3 is 0 Å². The summed E-state index contributed by atoms with van der Waals surface area (Å²) in [7, 11) is 0. The largest absolute Gasteiger partial charge is 0.372 e. The molecule has 0 N–H and O–H groups in total. The van der Waals surface area contributed by atoms with Crippen LogP contribution in [0.15, 0.2) is 28.8 Å². The Morgan fingerprint density at radius 1 is 1.44 bits per heavy atom. The summed E-state index contributed by atoms with van der Waals surface area (Å²) in [5.41, 5.74) is 0.328. The molecule has 0 unspecified atom stereocenters. The second-order valence-electron chi connectivity index (χ2n) is 6.18. The monoisotopic (exact) mass is 347 g/mol. The van der Waals surface area contributed by atoms with Gasteiger partial charge in [-0.05, 0) is 37.8 Å². The first-order valence-corrected chi connectivity index (χ1v) is 8.60. The molecule has 0 spiro atoms. The lowest BCUT2D eigenvalue weighted by atomic mass is 9.94. The Kier molecular flexibility index (Phi) is 5.75. The van der Waals surface area contributed by atoms with E-state index in [0.717, 1.165) is 19.4 Å². The molecule has 1 fully saturated rings. The van der Waals surface area contributed by atoms with Gasteiger partial charge in [0.25, 0.3) is 0 Å². The van der Waals surface area contributed by atoms with Crippen molar-refractivity contribution in [1.29, 1.82) is 0 Å². The van der Waals surface area contributed by atoms with E-state index < -0.39 is 0 Å². The van der Waals surface area contributed by atoms with Crippen molar-refractivity contribution in [3.63, 3.8) is 0 Å². The number of likely N-dealkylation sites (tertiary alicyclic amines) is 1. The third-order valence-corrected chi connectivity index (χ3v) is 4.35. The number of amides is 1. The summed E-state index contributed by atoms with van der Waals surface area (Å²) < 4.78 is 24.3. The molecule has 1 amide bonds. The van der Waals surface area contributed by atoms with E-state index in [1.54, 1.807) is 18.2 Å². The molecular formula is C18H22FN3O3. The highest BCUT2D eigenvalue weighted by Gasteiger charge is 2.25. The molecule has 1 atom stereocenters. The van der Waals surface area contributed by atoms with Gasteiger partial charge in [-0.15, -0.1) is 0 Å². The minimum atomic E-state index is -0.375. The van der Waals surface area contributed by atoms with Gasteiger partial charge in [0.05, 0.1) is 5.56 Å². The number of hydrogen-bond acceptors (Lipinski definition) is 5. The van der Waals surface area contributed by atoms with Crippen molar-refractivity contribution in [2.24, 2.45) is 5.92 Å². The number of halogens is 1. The lowest BCUT2D eigenvalue weighted by Gasteiger charge is -2.32. The molecule has 134 valence electrons. The molecule has 1 aromatic carbocycles. The standard InChI is InChI=1S/C18H22FN3O3/c1-2-24-12-17(23)22-9-5-6-13(11-22)10-16-20-18(21-25-16)14-7-3-4-8-15(14)19/h3-4,7-8,13H,2,5-6,9-12H2,1H3/t13-/m1/s1. The fourth-order valence-electron chi connectivity index (χ4n) is 3.08. The first-order valence-electron chi connectivity index (χ1n) is 8.60. The molecule has 1 aliphatic rings. The zero-order valence-corrected chi connectivity index (χ0v) is 14.3. The number of carbonyl (C=O) groups excluding carboxylic acids is 1. The first kappa shape index (κ1) is 17.5. The Balaban J connectivity index is 1.61. The molecule has 6 nitrogen and oxygen atoms in total. The third-order valence-electron chi connectivity index (χ3n) is 4.35. The van der Waals surface area contributed by atoms with E-state index in [1.807, 2.05) is 11.8 Å². The third kappa shape index (κ3) is 4.42. The second-order valence-corrected chi connectivity index (χ2v) is 6.18. The Morgan fingerprint density at radius 3 is 3.08 bits per heavy atom. The van der Waals surface area contributed by atoms with Crippen LogP contribution in [0.4, 0.5) is 4.39 Å². The molecule has 0 saturated carbocycles. The maximum absolute atomic E-state index is 13.8. The zero-order chi connectivity index (χ0) is 17.6. The van der Waals surface area contributed by atoms with E-state index >= 15 is 0 Å². The predicted molar refractivity (Wildman–Crippen MR) is 89.2 cm³/mol. The number of ether oxygens (including phenoxy) is 1. The van der Waals surface area contributed by atoms with Crippen molar-refractivity contribution in [2.45, 2.75) is 26.2 Å². The summed E-state index contributed by atoms with van der Waals surface area (Å²) in [5.74, 6) is 0.633. The van der Waals surface area contributed by atoms with Crippen molar-refractivity contribution in [3.8, 4) is 11.4 Å². The molecular weight excluding hydrogens is 325 g/mol. The molecule has 1 saturated heterocycles. The van der Waals surface area contributed by atoms with E-state index in [-0.39, 0.29) is 30.1 Å². The fourth-order valence-corrected chi connectivity index (χ4v) is 3.08. The number of aromatic nitrogens is 2. The minimum Gasteiger partial charge on any atom is -0.372 e. The van der Waals surface area contributed by atoms with Gasteiger partial charge in [0.1, 0.15) is 12.4 Å². The minimum absolute atomic E-state index is 0.0177. The van der Waals surface area contributed by atoms with Crippen LogP contribution < -0.4 is 0 Å². The molecule has 0 aliphatic carbocycles. The van der Waals surface area contributed by atoms with Gasteiger partial charge in [0, 0.05) is 26.1 Å². The normalized spacial score (nSPS) is 17.7. The Labute approximate surface area is 146 Å². The summed E-state index contributed by atoms with van der Waals surface area (Å²) in [5, 5.41) is 3.88. The molecule has 25 heavy (non-hydrogen) atoms. The van der Waals surface area contributed by atoms with E-state index in [9.17, 15) is 9.18 Å². The lowest BCUT2D eigenvalue weighted by molar-refractivity contribution is -0.137. The summed E-state index contributed by atoms with van der Waals surface area (Å²) in [6.07, 6.45) is 2.52. The molecule has 0 radical (unpaired) electrons. The molecule has 7 heteroatoms. The van der Waals surface area contributed by atoms with Crippen molar-refractivity contribution in [2.75, 3.05) is 26.3 Å². The van der Waals surface area contributed by atoms with Gasteiger partial charge in [-0.25, -0.2) is 4.39 Å². The van der Waals surface area contributed by atoms with Crippen LogP contribution in [0.5, 0.6) is 0 Å². The van der Waals surface area contributed by atoms with Crippen LogP contribution in [-0.4, -0.2) is 47.3 Å². The number of nitrogens with zero attached hydrogens (tertiary/aromatic N) is 3. The maximum atomic E-state index is 13.8. The van der Waals surface area contributed by atoms with Crippen LogP contribution in [0.25, 0.3) is 11.4 Å². The molecule has 2 aromatic rings. The smallest absolute Gasteiger partial charge is 0.248 e. The molecule has 3 rings (SSSR count). The van der Waals surface area contributed by atoms with E-state index in [2.05, 4.69) is 10.1 Å². The summed E-state index contributed by atoms with van der Waals surface area (Å²) in [6.45, 7) is 3.94. The number of piperidine rings is 1. The highest BCUT2D eigenvalue weighted by molar-refractivity contribution is 5.77. The van der Waals surface area contributed by atoms with Crippen LogP contribution in [0, 0.1) is 11.7 Å². The predicted octanol–water partition coefficient (Wildman–Crippen LogP) is 2.69. The van der Waals surface area contributed by atoms with Gasteiger partial charge in [0.2, 0.25) is 17.6 Å². The van der Waals surface area contributed by atoms with Crippen LogP contribution >= 0.6 is 0 Å². The molecule has 1 aliphatic heterocycles. The highest BCUT2D eigenvalue weighted by atomic mass is 19.1. The average molecular weight is 347 g/mol. The van der Waals surface area contributed by atoms with Crippen molar-refractivity contribution in [1.82, 2.24) is 15.0 Å². The van der Waals surface area contributed by atoms with Crippen LogP contribution in [0.1, 0.15) is 25.7 Å². The van der Waals surface area contributed by atoms with Gasteiger partial charge in [0.15, 0.2) is 0 Å². The lowest BCUT2D eigenvalue weighted by Crippen LogP contribution is -2.42. The number of benzene rings is 1. The van der Waals surface area contributed by atoms with Gasteiger partial charge in [-0.3, -0.25) is 4.79 Å². The van der Waals surface area contributed by atoms with Crippen molar-refractivity contribution < 1.29 is 18.4 Å². The average Bonchev–Trinajstić information content (AvgIpc) is 3.08. The van der Waals surface area contributed by atoms with E-state index in [4.69, 9.17) is 9.26 Å². The quantitative estimate of drug-likeness (QED) is 0.804. The van der Waals surface area contributed by atoms with Gasteiger partial charge in [-0.2, -0.15) is 4.98 Å². The fraction of sp³-hybridized carbons (Fsp3) is 0.500. The Bertz CT molecular complexity index is 719. The van der Waals surface area contributed by atoms with Crippen LogP contribution in [-0.2, 0) is 16.0 Å². The maximum Gasteiger partial charge on any atom is 0.248 e. The van der Waals surface area contributed by atoms with Crippen LogP contribution in [0.3, 0.4) is 0 Å². The second kappa shape index (κ2) is 8.20. The van der Waals surface area contributed by atoms with E-state index in [1.165, 1.54) is 6.07 Å². The Morgan fingerprint density at radius 2 is 2.28 bits per heavy atom. The number of hydrogen-bond donors (Lipinski definition) is 0. The molecule has 1 aromatic heterocycles. The van der Waals surface area contributed by atoms with Crippen molar-refractivity contribution in [3.05, 3.63) is 36.0 Å². The van der Waals surface area contributed by atoms with Crippen LogP contribution in [0.2, 0.25) is 0 Å². The summed E-state index contributed by atoms with van der Waals surface area (Å²) in [4.78, 5) is 18.2. The zero-order valence-electron chi connectivity index (χ0n) is 14.3. The van der Waals surface area contributed by atoms with Gasteiger partial charge < -0.3 is 14.2 Å². The highest BCUT2D eigenvalue weighted by Crippen LogP contribution is 2.23. The molecule has 0 bridgehead atoms. The topological polar surface area (TPSA) is 68.5 Å². The number of carbonyl (C=O) groups is 1. The summed E-state index contributed by atoms with van der Waals surface area (Å²) >= 11 is 0. The Hall–Kier alpha value is -2.28. The summed E-state index contributed by atoms with van der Waals surface area (Å²) in [6, 6.07) is 6.35.